The van der Waals surface area contributed by atoms with Gasteiger partial charge in [0.05, 0.1) is 0 Å². The van der Waals surface area contributed by atoms with Gasteiger partial charge in [-0.15, -0.1) is 0 Å². The summed E-state index contributed by atoms with van der Waals surface area (Å²) in [6.07, 6.45) is 14.6. The molecule has 0 unspecified atom stereocenters. The molecule has 0 spiro atoms. The Morgan fingerprint density at radius 1 is 1.00 bits per heavy atom. The summed E-state index contributed by atoms with van der Waals surface area (Å²) in [5, 5.41) is 1.36. The van der Waals surface area contributed by atoms with Crippen LogP contribution in [0.3, 0.4) is 0 Å². The fraction of sp³-hybridized carbons (Fsp3) is 0.263. The molecule has 2 aromatic heterocycles. The lowest BCUT2D eigenvalue weighted by Crippen LogP contribution is -2.02. The molecule has 0 aliphatic carbocycles. The Labute approximate surface area is 163 Å². The quantitative estimate of drug-likeness (QED) is 0.350. The van der Waals surface area contributed by atoms with E-state index in [1.165, 1.54) is 0 Å². The molecule has 0 atom stereocenters. The first-order valence-electron chi connectivity index (χ1n) is 8.39. The van der Waals surface area contributed by atoms with Crippen LogP contribution in [-0.2, 0) is 6.42 Å². The minimum absolute atomic E-state index is 0.275. The summed E-state index contributed by atoms with van der Waals surface area (Å²) in [6, 6.07) is 5.93. The number of aromatic nitrogens is 4. The van der Waals surface area contributed by atoms with E-state index in [0.717, 1.165) is 36.5 Å². The molecule has 7 heteroatoms. The second-order valence-electron chi connectivity index (χ2n) is 5.22. The second kappa shape index (κ2) is 12.3. The van der Waals surface area contributed by atoms with E-state index in [1.54, 1.807) is 35.8 Å². The van der Waals surface area contributed by atoms with Gasteiger partial charge in [0, 0.05) is 23.4 Å². The number of rotatable bonds is 11. The Morgan fingerprint density at radius 2 is 1.81 bits per heavy atom. The molecule has 136 valence electrons. The summed E-state index contributed by atoms with van der Waals surface area (Å²) in [6.45, 7) is 3.63. The molecule has 0 amide bonds. The Balaban J connectivity index is 1.74. The van der Waals surface area contributed by atoms with Gasteiger partial charge < -0.3 is 5.73 Å². The van der Waals surface area contributed by atoms with Crippen molar-refractivity contribution in [3.63, 3.8) is 0 Å². The number of hydrogen-bond donors (Lipinski definition) is 1. The number of nitrogens with two attached hydrogens (primary N) is 1. The molecule has 5 nitrogen and oxygen atoms in total. The van der Waals surface area contributed by atoms with Gasteiger partial charge in [0.1, 0.15) is 0 Å². The lowest BCUT2D eigenvalue weighted by Gasteiger charge is -2.04. The Kier molecular flexibility index (Phi) is 9.53. The van der Waals surface area contributed by atoms with Crippen molar-refractivity contribution >= 4 is 29.5 Å². The number of aryl methyl sites for hydroxylation is 1. The number of unbranched alkanes of at least 4 members (excludes halogenated alkanes) is 1. The third kappa shape index (κ3) is 8.31. The van der Waals surface area contributed by atoms with Crippen LogP contribution >= 0.6 is 23.5 Å². The second-order valence-corrected chi connectivity index (χ2v) is 7.34. The summed E-state index contributed by atoms with van der Waals surface area (Å²) in [7, 11) is 0. The zero-order valence-electron chi connectivity index (χ0n) is 14.6. The summed E-state index contributed by atoms with van der Waals surface area (Å²) in [5.74, 6) is 2.07. The van der Waals surface area contributed by atoms with Crippen LogP contribution in [-0.4, -0.2) is 31.4 Å². The molecule has 0 bridgehead atoms. The zero-order valence-corrected chi connectivity index (χ0v) is 16.3. The molecule has 0 radical (unpaired) electrons. The Bertz CT molecular complexity index is 732. The largest absolute Gasteiger partial charge is 0.368 e. The molecular formula is C19H23N5S2. The molecule has 0 aliphatic rings. The summed E-state index contributed by atoms with van der Waals surface area (Å²) in [4.78, 5) is 17.2. The highest BCUT2D eigenvalue weighted by atomic mass is 32.2. The van der Waals surface area contributed by atoms with Gasteiger partial charge in [-0.3, -0.25) is 4.98 Å². The van der Waals surface area contributed by atoms with E-state index in [9.17, 15) is 0 Å². The first kappa shape index (κ1) is 20.2. The molecule has 0 aromatic carbocycles. The van der Waals surface area contributed by atoms with Crippen LogP contribution in [0.25, 0.3) is 0 Å². The maximum Gasteiger partial charge on any atom is 0.225 e. The van der Waals surface area contributed by atoms with Crippen LogP contribution in [0.1, 0.15) is 18.5 Å². The summed E-state index contributed by atoms with van der Waals surface area (Å²) in [5.41, 5.74) is 6.88. The zero-order chi connectivity index (χ0) is 18.5. The fourth-order valence-corrected chi connectivity index (χ4v) is 3.62. The van der Waals surface area contributed by atoms with E-state index < -0.39 is 0 Å². The van der Waals surface area contributed by atoms with Crippen LogP contribution in [0.15, 0.2) is 71.7 Å². The van der Waals surface area contributed by atoms with Crippen molar-refractivity contribution in [2.45, 2.75) is 29.6 Å². The van der Waals surface area contributed by atoms with Crippen molar-refractivity contribution < 1.29 is 0 Å². The van der Waals surface area contributed by atoms with E-state index >= 15 is 0 Å². The molecule has 26 heavy (non-hydrogen) atoms. The van der Waals surface area contributed by atoms with Crippen molar-refractivity contribution in [3.05, 3.63) is 67.0 Å². The fourth-order valence-electron chi connectivity index (χ4n) is 1.96. The average molecular weight is 386 g/mol. The van der Waals surface area contributed by atoms with Gasteiger partial charge in [-0.2, -0.15) is 15.0 Å². The number of allylic oxidation sites excluding steroid dienone is 5. The van der Waals surface area contributed by atoms with E-state index in [1.807, 2.05) is 36.4 Å². The monoisotopic (exact) mass is 385 g/mol. The van der Waals surface area contributed by atoms with Crippen LogP contribution < -0.4 is 5.73 Å². The van der Waals surface area contributed by atoms with E-state index in [0.29, 0.717) is 10.3 Å². The number of pyridine rings is 1. The third-order valence-corrected chi connectivity index (χ3v) is 4.95. The third-order valence-electron chi connectivity index (χ3n) is 3.17. The van der Waals surface area contributed by atoms with Crippen molar-refractivity contribution in [2.75, 3.05) is 17.2 Å². The van der Waals surface area contributed by atoms with E-state index in [4.69, 9.17) is 5.73 Å². The first-order chi connectivity index (χ1) is 12.8. The normalized spacial score (nSPS) is 11.4. The molecule has 0 saturated heterocycles. The maximum atomic E-state index is 5.81. The summed E-state index contributed by atoms with van der Waals surface area (Å²) >= 11 is 3.19. The van der Waals surface area contributed by atoms with Crippen LogP contribution in [0, 0.1) is 0 Å². The predicted octanol–water partition coefficient (Wildman–Crippen LogP) is 4.35. The Hall–Kier alpha value is -2.12. The number of anilines is 1. The van der Waals surface area contributed by atoms with Crippen LogP contribution in [0.4, 0.5) is 5.95 Å². The van der Waals surface area contributed by atoms with Crippen molar-refractivity contribution in [1.82, 2.24) is 19.9 Å². The van der Waals surface area contributed by atoms with Gasteiger partial charge in [0.15, 0.2) is 10.3 Å². The predicted molar refractivity (Wildman–Crippen MR) is 111 cm³/mol. The summed E-state index contributed by atoms with van der Waals surface area (Å²) < 4.78 is 0. The van der Waals surface area contributed by atoms with Gasteiger partial charge in [-0.1, -0.05) is 66.5 Å². The highest BCUT2D eigenvalue weighted by Gasteiger charge is 2.06. The molecule has 0 saturated carbocycles. The first-order valence-corrected chi connectivity index (χ1v) is 10.4. The molecule has 0 aliphatic heterocycles. The van der Waals surface area contributed by atoms with Crippen LogP contribution in [0.2, 0.25) is 0 Å². The SMILES string of the molecule is C=C/C=C\C=C/CCCSc1nc(N)nc(SCCc2ccccn2)n1. The van der Waals surface area contributed by atoms with Gasteiger partial charge in [0.25, 0.3) is 0 Å². The average Bonchev–Trinajstić information content (AvgIpc) is 2.64. The van der Waals surface area contributed by atoms with Gasteiger partial charge in [0.2, 0.25) is 5.95 Å². The standard InChI is InChI=1S/C19H23N5S2/c1-2-3-4-5-6-7-10-14-25-18-22-17(20)23-19(24-18)26-15-12-16-11-8-9-13-21-16/h2-6,8-9,11,13H,1,7,10,12,14-15H2,(H2,20,22,23,24)/b4-3-,6-5-. The molecule has 2 rings (SSSR count). The minimum Gasteiger partial charge on any atom is -0.368 e. The van der Waals surface area contributed by atoms with Crippen LogP contribution in [0.5, 0.6) is 0 Å². The van der Waals surface area contributed by atoms with Gasteiger partial charge >= 0.3 is 0 Å². The smallest absolute Gasteiger partial charge is 0.225 e. The van der Waals surface area contributed by atoms with Crippen molar-refractivity contribution in [3.8, 4) is 0 Å². The highest BCUT2D eigenvalue weighted by molar-refractivity contribution is 7.99. The lowest BCUT2D eigenvalue weighted by molar-refractivity contribution is 0.810. The lowest BCUT2D eigenvalue weighted by atomic mass is 10.3. The Morgan fingerprint density at radius 3 is 2.54 bits per heavy atom. The molecule has 0 fully saturated rings. The molecule has 2 aromatic rings. The number of nitrogen functional groups attached to an aromatic ring is 1. The minimum atomic E-state index is 0.275. The molecule has 2 heterocycles. The molecule has 2 N–H and O–H groups in total. The topological polar surface area (TPSA) is 77.6 Å². The van der Waals surface area contributed by atoms with Crippen molar-refractivity contribution in [2.24, 2.45) is 0 Å². The van der Waals surface area contributed by atoms with Crippen molar-refractivity contribution in [1.29, 1.82) is 0 Å². The number of nitrogens with zero attached hydrogens (tertiary/aromatic N) is 4. The number of thioether (sulfide) groups is 2. The van der Waals surface area contributed by atoms with E-state index in [2.05, 4.69) is 32.6 Å². The van der Waals surface area contributed by atoms with Gasteiger partial charge in [-0.05, 0) is 31.4 Å². The van der Waals surface area contributed by atoms with E-state index in [-0.39, 0.29) is 5.95 Å². The number of hydrogen-bond acceptors (Lipinski definition) is 7. The highest BCUT2D eigenvalue weighted by Crippen LogP contribution is 2.20. The molecular weight excluding hydrogens is 362 g/mol. The maximum absolute atomic E-state index is 5.81. The van der Waals surface area contributed by atoms with Gasteiger partial charge in [-0.25, -0.2) is 0 Å².